The Bertz CT molecular complexity index is 395. The summed E-state index contributed by atoms with van der Waals surface area (Å²) >= 11 is 3.27. The third kappa shape index (κ3) is 0.864. The highest BCUT2D eigenvalue weighted by Crippen LogP contribution is 2.19. The Hall–Kier alpha value is -1.17. The number of aromatic nitrogens is 4. The molecule has 0 fully saturated rings. The van der Waals surface area contributed by atoms with Crippen molar-refractivity contribution in [2.45, 2.75) is 0 Å². The molecule has 5 nitrogen and oxygen atoms in total. The lowest BCUT2D eigenvalue weighted by Gasteiger charge is -1.93. The minimum Gasteiger partial charge on any atom is -0.382 e. The molecular weight excluding hydrogens is 210 g/mol. The van der Waals surface area contributed by atoms with Crippen LogP contribution in [0.25, 0.3) is 5.52 Å². The van der Waals surface area contributed by atoms with Gasteiger partial charge in [0, 0.05) is 0 Å². The lowest BCUT2D eigenvalue weighted by Crippen LogP contribution is -1.99. The smallest absolute Gasteiger partial charge is 0.154 e. The Kier molecular flexibility index (Phi) is 1.28. The van der Waals surface area contributed by atoms with E-state index in [9.17, 15) is 0 Å². The lowest BCUT2D eigenvalue weighted by atomic mass is 10.5. The molecule has 0 bridgehead atoms. The first-order chi connectivity index (χ1) is 5.29. The zero-order valence-corrected chi connectivity index (χ0v) is 6.98. The Labute approximate surface area is 70.4 Å². The fourth-order valence-electron chi connectivity index (χ4n) is 0.830. The Morgan fingerprint density at radius 2 is 2.27 bits per heavy atom. The molecule has 0 saturated heterocycles. The van der Waals surface area contributed by atoms with Crippen molar-refractivity contribution < 1.29 is 0 Å². The van der Waals surface area contributed by atoms with Crippen molar-refractivity contribution in [3.8, 4) is 0 Å². The molecule has 0 unspecified atom stereocenters. The van der Waals surface area contributed by atoms with Crippen LogP contribution in [-0.2, 0) is 0 Å². The number of nitrogens with two attached hydrogens (primary N) is 1. The average Bonchev–Trinajstić information content (AvgIpc) is 2.34. The largest absolute Gasteiger partial charge is 0.382 e. The van der Waals surface area contributed by atoms with Gasteiger partial charge in [0.15, 0.2) is 5.82 Å². The normalized spacial score (nSPS) is 10.6. The van der Waals surface area contributed by atoms with Gasteiger partial charge in [-0.3, -0.25) is 0 Å². The molecule has 6 heteroatoms. The zero-order valence-electron chi connectivity index (χ0n) is 5.40. The summed E-state index contributed by atoms with van der Waals surface area (Å²) in [5.41, 5.74) is 6.26. The lowest BCUT2D eigenvalue weighted by molar-refractivity contribution is 0.783. The number of halogens is 1. The molecule has 0 aliphatic rings. The number of nitrogen functional groups attached to an aromatic ring is 1. The Balaban J connectivity index is 2.96. The fourth-order valence-corrected chi connectivity index (χ4v) is 1.28. The standard InChI is InChI=1S/C5H4BrN5/c6-3-1-9-11-4(3)5(7)8-2-10-11/h1-2H,(H2,7,8,10). The van der Waals surface area contributed by atoms with E-state index in [1.807, 2.05) is 0 Å². The molecule has 2 rings (SSSR count). The maximum absolute atomic E-state index is 5.56. The highest BCUT2D eigenvalue weighted by atomic mass is 79.9. The Morgan fingerprint density at radius 1 is 1.45 bits per heavy atom. The van der Waals surface area contributed by atoms with Gasteiger partial charge in [-0.2, -0.15) is 5.10 Å². The predicted octanol–water partition coefficient (Wildman–Crippen LogP) is 0.469. The second kappa shape index (κ2) is 2.16. The maximum atomic E-state index is 5.56. The summed E-state index contributed by atoms with van der Waals surface area (Å²) in [5, 5.41) is 7.77. The summed E-state index contributed by atoms with van der Waals surface area (Å²) in [6.07, 6.45) is 2.99. The minimum absolute atomic E-state index is 0.421. The molecule has 2 heterocycles. The first kappa shape index (κ1) is 6.53. The number of hydrogen-bond donors (Lipinski definition) is 1. The van der Waals surface area contributed by atoms with Crippen molar-refractivity contribution in [2.24, 2.45) is 0 Å². The van der Waals surface area contributed by atoms with E-state index in [1.165, 1.54) is 11.0 Å². The number of nitrogens with zero attached hydrogens (tertiary/aromatic N) is 4. The molecular formula is C5H4BrN5. The van der Waals surface area contributed by atoms with E-state index in [4.69, 9.17) is 5.73 Å². The molecule has 11 heavy (non-hydrogen) atoms. The van der Waals surface area contributed by atoms with E-state index in [0.717, 1.165) is 4.47 Å². The van der Waals surface area contributed by atoms with Crippen LogP contribution in [0.1, 0.15) is 0 Å². The highest BCUT2D eigenvalue weighted by Gasteiger charge is 2.04. The maximum Gasteiger partial charge on any atom is 0.154 e. The van der Waals surface area contributed by atoms with Crippen LogP contribution < -0.4 is 5.73 Å². The second-order valence-electron chi connectivity index (χ2n) is 1.98. The third-order valence-electron chi connectivity index (χ3n) is 1.31. The first-order valence-electron chi connectivity index (χ1n) is 2.89. The van der Waals surface area contributed by atoms with E-state index in [-0.39, 0.29) is 0 Å². The molecule has 0 saturated carbocycles. The molecule has 56 valence electrons. The molecule has 2 aromatic rings. The number of hydrogen-bond acceptors (Lipinski definition) is 4. The van der Waals surface area contributed by atoms with Gasteiger partial charge in [0.2, 0.25) is 0 Å². The summed E-state index contributed by atoms with van der Waals surface area (Å²) in [6, 6.07) is 0. The zero-order chi connectivity index (χ0) is 7.84. The summed E-state index contributed by atoms with van der Waals surface area (Å²) in [4.78, 5) is 3.82. The van der Waals surface area contributed by atoms with Crippen molar-refractivity contribution in [1.29, 1.82) is 0 Å². The molecule has 0 spiro atoms. The van der Waals surface area contributed by atoms with E-state index < -0.39 is 0 Å². The number of fused-ring (bicyclic) bond motifs is 1. The van der Waals surface area contributed by atoms with Crippen LogP contribution in [0, 0.1) is 0 Å². The van der Waals surface area contributed by atoms with Gasteiger partial charge in [-0.15, -0.1) is 9.73 Å². The molecule has 0 radical (unpaired) electrons. The number of rotatable bonds is 0. The molecule has 2 aromatic heterocycles. The van der Waals surface area contributed by atoms with Crippen LogP contribution in [0.2, 0.25) is 0 Å². The van der Waals surface area contributed by atoms with Crippen molar-refractivity contribution in [3.63, 3.8) is 0 Å². The molecule has 2 N–H and O–H groups in total. The summed E-state index contributed by atoms with van der Waals surface area (Å²) in [6.45, 7) is 0. The molecule has 0 aliphatic carbocycles. The molecule has 0 amide bonds. The van der Waals surface area contributed by atoms with Gasteiger partial charge in [-0.25, -0.2) is 4.98 Å². The van der Waals surface area contributed by atoms with Crippen LogP contribution >= 0.6 is 15.9 Å². The fraction of sp³-hybridized carbons (Fsp3) is 0. The van der Waals surface area contributed by atoms with Gasteiger partial charge in [-0.05, 0) is 15.9 Å². The van der Waals surface area contributed by atoms with Crippen molar-refractivity contribution in [3.05, 3.63) is 17.0 Å². The van der Waals surface area contributed by atoms with Crippen LogP contribution in [-0.4, -0.2) is 19.8 Å². The molecule has 0 atom stereocenters. The van der Waals surface area contributed by atoms with Gasteiger partial charge in [-0.1, -0.05) is 0 Å². The SMILES string of the molecule is Nc1ncnn2ncc(Br)c12. The van der Waals surface area contributed by atoms with Crippen LogP contribution in [0.3, 0.4) is 0 Å². The van der Waals surface area contributed by atoms with Gasteiger partial charge >= 0.3 is 0 Å². The number of anilines is 1. The van der Waals surface area contributed by atoms with Gasteiger partial charge in [0.1, 0.15) is 11.8 Å². The van der Waals surface area contributed by atoms with E-state index in [1.54, 1.807) is 6.20 Å². The van der Waals surface area contributed by atoms with E-state index in [0.29, 0.717) is 11.3 Å². The van der Waals surface area contributed by atoms with E-state index >= 15 is 0 Å². The average molecular weight is 214 g/mol. The van der Waals surface area contributed by atoms with Gasteiger partial charge in [0.25, 0.3) is 0 Å². The molecule has 0 aliphatic heterocycles. The van der Waals surface area contributed by atoms with Crippen molar-refractivity contribution in [2.75, 3.05) is 5.73 Å². The first-order valence-corrected chi connectivity index (χ1v) is 3.68. The minimum atomic E-state index is 0.421. The quantitative estimate of drug-likeness (QED) is 0.691. The monoisotopic (exact) mass is 213 g/mol. The second-order valence-corrected chi connectivity index (χ2v) is 2.83. The topological polar surface area (TPSA) is 69.1 Å². The van der Waals surface area contributed by atoms with Crippen LogP contribution in [0.5, 0.6) is 0 Å². The summed E-state index contributed by atoms with van der Waals surface area (Å²) in [5.74, 6) is 0.421. The van der Waals surface area contributed by atoms with Gasteiger partial charge < -0.3 is 5.73 Å². The Morgan fingerprint density at radius 3 is 3.00 bits per heavy atom. The van der Waals surface area contributed by atoms with Crippen LogP contribution in [0.4, 0.5) is 5.82 Å². The van der Waals surface area contributed by atoms with Gasteiger partial charge in [0.05, 0.1) is 10.7 Å². The van der Waals surface area contributed by atoms with E-state index in [2.05, 4.69) is 31.1 Å². The summed E-state index contributed by atoms with van der Waals surface area (Å²) in [7, 11) is 0. The summed E-state index contributed by atoms with van der Waals surface area (Å²) < 4.78 is 2.22. The van der Waals surface area contributed by atoms with Crippen LogP contribution in [0.15, 0.2) is 17.0 Å². The van der Waals surface area contributed by atoms with Crippen molar-refractivity contribution in [1.82, 2.24) is 19.8 Å². The predicted molar refractivity (Wildman–Crippen MR) is 42.9 cm³/mol. The third-order valence-corrected chi connectivity index (χ3v) is 1.89. The molecule has 0 aromatic carbocycles. The van der Waals surface area contributed by atoms with Crippen molar-refractivity contribution >= 4 is 27.3 Å². The highest BCUT2D eigenvalue weighted by molar-refractivity contribution is 9.10.